The molecule has 5 amide bonds. The monoisotopic (exact) mass is 1430 g/mol. The van der Waals surface area contributed by atoms with Crippen LogP contribution in [0.1, 0.15) is 110 Å². The third-order valence-corrected chi connectivity index (χ3v) is 18.2. The van der Waals surface area contributed by atoms with E-state index in [2.05, 4.69) is 33.5 Å². The summed E-state index contributed by atoms with van der Waals surface area (Å²) in [5, 5.41) is 159. The third kappa shape index (κ3) is 21.1. The van der Waals surface area contributed by atoms with Crippen LogP contribution in [0.4, 0.5) is 0 Å². The summed E-state index contributed by atoms with van der Waals surface area (Å²) in [6.07, 6.45) is -33.4. The molecule has 6 aliphatic heterocycles. The predicted octanol–water partition coefficient (Wildman–Crippen LogP) is -6.50. The fourth-order valence-corrected chi connectivity index (χ4v) is 13.0. The van der Waals surface area contributed by atoms with E-state index < -0.39 is 246 Å². The second-order valence-corrected chi connectivity index (χ2v) is 25.6. The number of nitrogens with one attached hydrogen (secondary N) is 5. The summed E-state index contributed by atoms with van der Waals surface area (Å²) in [7, 11) is 1.21. The van der Waals surface area contributed by atoms with Crippen molar-refractivity contribution in [3.05, 3.63) is 29.8 Å². The van der Waals surface area contributed by atoms with Crippen LogP contribution in [0.15, 0.2) is 24.3 Å². The molecular formula is C63H103N5O31. The summed E-state index contributed by atoms with van der Waals surface area (Å²) in [6, 6.07) is -2.38. The van der Waals surface area contributed by atoms with Gasteiger partial charge in [-0.05, 0) is 31.5 Å². The molecule has 1 aromatic rings. The molecule has 6 aliphatic rings. The molecule has 1 aromatic carbocycles. The summed E-state index contributed by atoms with van der Waals surface area (Å²) in [5.41, 5.74) is 0.0622. The summed E-state index contributed by atoms with van der Waals surface area (Å²) >= 11 is 0. The van der Waals surface area contributed by atoms with Gasteiger partial charge in [-0.2, -0.15) is 0 Å². The van der Waals surface area contributed by atoms with Crippen molar-refractivity contribution in [1.29, 1.82) is 0 Å². The van der Waals surface area contributed by atoms with Crippen LogP contribution in [0.3, 0.4) is 0 Å². The zero-order valence-corrected chi connectivity index (χ0v) is 56.4. The highest BCUT2D eigenvalue weighted by atomic mass is 16.8. The van der Waals surface area contributed by atoms with Gasteiger partial charge in [0.05, 0.1) is 45.7 Å². The van der Waals surface area contributed by atoms with Gasteiger partial charge < -0.3 is 155 Å². The van der Waals surface area contributed by atoms with E-state index in [-0.39, 0.29) is 5.56 Å². The molecule has 6 saturated heterocycles. The van der Waals surface area contributed by atoms with Gasteiger partial charge in [0.1, 0.15) is 146 Å². The lowest BCUT2D eigenvalue weighted by molar-refractivity contribution is -0.368. The van der Waals surface area contributed by atoms with E-state index in [9.17, 15) is 90.4 Å². The maximum Gasteiger partial charge on any atom is 0.251 e. The molecule has 30 atom stereocenters. The second-order valence-electron chi connectivity index (χ2n) is 25.6. The van der Waals surface area contributed by atoms with Crippen molar-refractivity contribution in [2.45, 2.75) is 283 Å². The SMILES string of the molecule is CCCCCCCCCCCOc1cccc(C(=O)N[C@@H]2C(O[C@@H]3C(CO)O[C@@H](OC4C(CO)O[C@@H](O[C@@H]5C(CO)OC(OC6C(CO[C@@H]7OC(C)C(O)[C@H](O)[C@H]7OC)OC(O)[C@@H](NC(C)=O)[C@H]6O)C(NC(C)=O)C5O)[C@@H](NC(C)=O)[C@H]4O)C(NC(C)=O)C3O)OC(CO)[C@@H](O)[C@@H]2O)c1. The smallest absolute Gasteiger partial charge is 0.251 e. The largest absolute Gasteiger partial charge is 0.494 e. The predicted molar refractivity (Wildman–Crippen MR) is 333 cm³/mol. The summed E-state index contributed by atoms with van der Waals surface area (Å²) in [6.45, 7) is 3.61. The zero-order chi connectivity index (χ0) is 72.5. The first kappa shape index (κ1) is 81.7. The van der Waals surface area contributed by atoms with Crippen molar-refractivity contribution in [2.75, 3.05) is 46.8 Å². The topological polar surface area (TPSA) is 528 Å². The molecule has 0 radical (unpaired) electrons. The number of rotatable bonds is 33. The minimum absolute atomic E-state index is 0.0622. The first-order valence-electron chi connectivity index (χ1n) is 33.6. The lowest BCUT2D eigenvalue weighted by Gasteiger charge is -2.51. The van der Waals surface area contributed by atoms with Gasteiger partial charge in [0, 0.05) is 40.4 Å². The molecule has 36 nitrogen and oxygen atoms in total. The number of unbranched alkanes of at least 4 members (excludes halogenated alkanes) is 8. The molecule has 99 heavy (non-hydrogen) atoms. The number of carbonyl (C=O) groups excluding carboxylic acids is 5. The number of aliphatic hydroxyl groups is 13. The first-order valence-corrected chi connectivity index (χ1v) is 33.6. The van der Waals surface area contributed by atoms with Crippen molar-refractivity contribution < 1.29 is 152 Å². The number of amides is 5. The number of hydrogen-bond acceptors (Lipinski definition) is 31. The van der Waals surface area contributed by atoms with Crippen molar-refractivity contribution >= 4 is 29.5 Å². The Morgan fingerprint density at radius 1 is 0.434 bits per heavy atom. The van der Waals surface area contributed by atoms with Crippen molar-refractivity contribution in [3.8, 4) is 5.75 Å². The highest BCUT2D eigenvalue weighted by molar-refractivity contribution is 5.94. The Labute approximate surface area is 572 Å². The van der Waals surface area contributed by atoms with Gasteiger partial charge in [-0.1, -0.05) is 64.4 Å². The Morgan fingerprint density at radius 3 is 1.27 bits per heavy atom. The van der Waals surface area contributed by atoms with Crippen molar-refractivity contribution in [2.24, 2.45) is 0 Å². The average Bonchev–Trinajstić information content (AvgIpc) is 0.791. The maximum absolute atomic E-state index is 14.0. The average molecular weight is 1430 g/mol. The number of carbonyl (C=O) groups is 5. The molecule has 6 heterocycles. The Balaban J connectivity index is 1.07. The van der Waals surface area contributed by atoms with Crippen molar-refractivity contribution in [3.63, 3.8) is 0 Å². The van der Waals surface area contributed by atoms with E-state index in [4.69, 9.17) is 61.6 Å². The maximum atomic E-state index is 14.0. The van der Waals surface area contributed by atoms with Crippen LogP contribution >= 0.6 is 0 Å². The number of benzene rings is 1. The molecular weight excluding hydrogens is 1320 g/mol. The van der Waals surface area contributed by atoms with Gasteiger partial charge in [0.25, 0.3) is 5.91 Å². The number of aliphatic hydroxyl groups excluding tert-OH is 13. The van der Waals surface area contributed by atoms with E-state index in [1.54, 1.807) is 12.1 Å². The van der Waals surface area contributed by atoms with Crippen LogP contribution in [0.25, 0.3) is 0 Å². The van der Waals surface area contributed by atoms with Crippen LogP contribution in [0, 0.1) is 0 Å². The summed E-state index contributed by atoms with van der Waals surface area (Å²) in [5.74, 6) is -3.63. The lowest BCUT2D eigenvalue weighted by atomic mass is 9.93. The van der Waals surface area contributed by atoms with Gasteiger partial charge in [0.2, 0.25) is 23.6 Å². The van der Waals surface area contributed by atoms with E-state index in [0.717, 1.165) is 53.4 Å². The van der Waals surface area contributed by atoms with Gasteiger partial charge in [-0.25, -0.2) is 0 Å². The lowest BCUT2D eigenvalue weighted by Crippen LogP contribution is -2.72. The Morgan fingerprint density at radius 2 is 0.838 bits per heavy atom. The number of ether oxygens (including phenoxy) is 13. The highest BCUT2D eigenvalue weighted by Crippen LogP contribution is 2.37. The van der Waals surface area contributed by atoms with E-state index in [1.165, 1.54) is 58.3 Å². The Bertz CT molecular complexity index is 2680. The van der Waals surface area contributed by atoms with Crippen LogP contribution in [0.5, 0.6) is 5.75 Å². The van der Waals surface area contributed by atoms with Gasteiger partial charge in [-0.15, -0.1) is 0 Å². The summed E-state index contributed by atoms with van der Waals surface area (Å²) in [4.78, 5) is 65.1. The molecule has 36 heteroatoms. The molecule has 566 valence electrons. The third-order valence-electron chi connectivity index (χ3n) is 18.2. The zero-order valence-electron chi connectivity index (χ0n) is 56.4. The van der Waals surface area contributed by atoms with E-state index in [1.807, 2.05) is 0 Å². The fourth-order valence-electron chi connectivity index (χ4n) is 13.0. The van der Waals surface area contributed by atoms with Gasteiger partial charge in [-0.3, -0.25) is 24.0 Å². The van der Waals surface area contributed by atoms with Gasteiger partial charge >= 0.3 is 0 Å². The van der Waals surface area contributed by atoms with Crippen LogP contribution < -0.4 is 31.3 Å². The second kappa shape index (κ2) is 38.8. The number of methoxy groups -OCH3 is 1. The minimum Gasteiger partial charge on any atom is -0.494 e. The molecule has 0 aliphatic carbocycles. The van der Waals surface area contributed by atoms with Crippen LogP contribution in [-0.2, 0) is 76.0 Å². The molecule has 0 bridgehead atoms. The standard InChI is InChI=1S/C63H103N5O31/c1-8-9-10-11-12-13-14-15-16-20-88-33-19-17-18-32(21-33)57(85)68-40-46(79)45(78)34(22-69)92-59(40)96-52-35(23-70)93-60(41(48(52)81)65-29(4)74)97-53-36(24-71)94-61(42(49(53)82)66-30(5)75)98-54-37(25-72)95-62(43(50(54)83)67-31(6)76)99-55-38(91-58(86)39(47(55)80)64-28(3)73)26-89-63-56(87-7)51(84)44(77)27(2)90-63/h17-19,21,27,34-56,58-63,69-72,77-84,86H,8-16,20,22-26H2,1-7H3,(H,64,73)(H,65,74)(H,66,75)(H,67,76)(H,68,85)/t27?,34?,35?,36?,37?,38?,39-,40-,41?,42-,43?,44?,45+,46+,47+,48?,49+,50?,51-,52+,53?,54+,55?,56+,58?,59?,60-,61-,62?,63+/m0/s1. The van der Waals surface area contributed by atoms with E-state index >= 15 is 0 Å². The molecule has 7 rings (SSSR count). The first-order chi connectivity index (χ1) is 47.2. The fraction of sp³-hybridized carbons (Fsp3) is 0.825. The molecule has 0 spiro atoms. The molecule has 0 saturated carbocycles. The highest BCUT2D eigenvalue weighted by Gasteiger charge is 2.58. The number of hydrogen-bond donors (Lipinski definition) is 18. The van der Waals surface area contributed by atoms with E-state index in [0.29, 0.717) is 12.4 Å². The van der Waals surface area contributed by atoms with Crippen LogP contribution in [-0.4, -0.2) is 327 Å². The molecule has 0 aromatic heterocycles. The quantitative estimate of drug-likeness (QED) is 0.0291. The molecule has 6 fully saturated rings. The Hall–Kier alpha value is -4.63. The minimum atomic E-state index is -2.06. The molecule has 16 unspecified atom stereocenters. The normalized spacial score (nSPS) is 39.5. The summed E-state index contributed by atoms with van der Waals surface area (Å²) < 4.78 is 78.0. The molecule has 18 N–H and O–H groups in total. The van der Waals surface area contributed by atoms with Crippen LogP contribution in [0.2, 0.25) is 0 Å². The van der Waals surface area contributed by atoms with Gasteiger partial charge in [0.15, 0.2) is 37.7 Å². The Kier molecular flexibility index (Phi) is 32.0. The van der Waals surface area contributed by atoms with Crippen molar-refractivity contribution in [1.82, 2.24) is 26.6 Å².